The summed E-state index contributed by atoms with van der Waals surface area (Å²) in [5.74, 6) is 0.884. The molecule has 6 nitrogen and oxygen atoms in total. The molecule has 0 fully saturated rings. The number of aromatic nitrogens is 2. The third-order valence-electron chi connectivity index (χ3n) is 6.24. The lowest BCUT2D eigenvalue weighted by molar-refractivity contribution is 0.203. The molecule has 2 heterocycles. The van der Waals surface area contributed by atoms with Gasteiger partial charge in [0.1, 0.15) is 0 Å². The van der Waals surface area contributed by atoms with Crippen LogP contribution in [0.3, 0.4) is 0 Å². The van der Waals surface area contributed by atoms with Gasteiger partial charge in [0.25, 0.3) is 5.89 Å². The first-order valence-electron chi connectivity index (χ1n) is 11.5. The Balaban J connectivity index is 1.57. The summed E-state index contributed by atoms with van der Waals surface area (Å²) in [6.45, 7) is 4.39. The van der Waals surface area contributed by atoms with E-state index in [1.807, 2.05) is 73.7 Å². The maximum Gasteiger partial charge on any atom is 0.322 e. The Morgan fingerprint density at radius 1 is 1.00 bits per heavy atom. The van der Waals surface area contributed by atoms with Gasteiger partial charge < -0.3 is 9.84 Å². The van der Waals surface area contributed by atoms with Gasteiger partial charge in [-0.15, -0.1) is 0 Å². The van der Waals surface area contributed by atoms with E-state index in [1.54, 1.807) is 4.90 Å². The number of nitrogens with zero attached hydrogens (tertiary/aromatic N) is 3. The van der Waals surface area contributed by atoms with Crippen molar-refractivity contribution >= 4 is 23.2 Å². The molecule has 0 radical (unpaired) electrons. The van der Waals surface area contributed by atoms with E-state index in [4.69, 9.17) is 21.1 Å². The first kappa shape index (κ1) is 22.9. The Bertz CT molecular complexity index is 1380. The number of allylic oxidation sites excluding steroid dienone is 1. The predicted octanol–water partition coefficient (Wildman–Crippen LogP) is 6.65. The number of nitrogens with one attached hydrogen (secondary N) is 1. The lowest BCUT2D eigenvalue weighted by Gasteiger charge is -2.35. The topological polar surface area (TPSA) is 71.3 Å². The fourth-order valence-electron chi connectivity index (χ4n) is 4.30. The smallest absolute Gasteiger partial charge is 0.322 e. The zero-order chi connectivity index (χ0) is 24.4. The van der Waals surface area contributed by atoms with Crippen molar-refractivity contribution in [2.75, 3.05) is 0 Å². The number of amides is 2. The first-order chi connectivity index (χ1) is 17.0. The van der Waals surface area contributed by atoms with Crippen molar-refractivity contribution in [3.63, 3.8) is 0 Å². The van der Waals surface area contributed by atoms with Crippen LogP contribution in [0, 0.1) is 0 Å². The Kier molecular flexibility index (Phi) is 6.38. The minimum absolute atomic E-state index is 0.199. The van der Waals surface area contributed by atoms with Crippen molar-refractivity contribution < 1.29 is 9.32 Å². The van der Waals surface area contributed by atoms with Gasteiger partial charge in [-0.25, -0.2) is 4.79 Å². The number of carbonyl (C=O) groups excluding carboxylic acids is 1. The van der Waals surface area contributed by atoms with Gasteiger partial charge >= 0.3 is 6.03 Å². The second-order valence-electron chi connectivity index (χ2n) is 8.48. The van der Waals surface area contributed by atoms with Crippen molar-refractivity contribution in [3.05, 3.63) is 112 Å². The van der Waals surface area contributed by atoms with Gasteiger partial charge in [-0.1, -0.05) is 90.4 Å². The van der Waals surface area contributed by atoms with E-state index >= 15 is 0 Å². The number of hydrogen-bond donors (Lipinski definition) is 1. The normalized spacial score (nSPS) is 15.9. The van der Waals surface area contributed by atoms with Crippen molar-refractivity contribution in [2.24, 2.45) is 0 Å². The van der Waals surface area contributed by atoms with Crippen molar-refractivity contribution in [1.29, 1.82) is 0 Å². The van der Waals surface area contributed by atoms with Crippen LogP contribution in [0.2, 0.25) is 5.02 Å². The van der Waals surface area contributed by atoms with E-state index in [1.165, 1.54) is 5.56 Å². The van der Waals surface area contributed by atoms with Crippen LogP contribution in [0.15, 0.2) is 89.1 Å². The molecule has 1 aliphatic rings. The van der Waals surface area contributed by atoms with Crippen molar-refractivity contribution in [2.45, 2.75) is 32.9 Å². The van der Waals surface area contributed by atoms with E-state index in [2.05, 4.69) is 29.5 Å². The third kappa shape index (κ3) is 4.70. The second kappa shape index (κ2) is 9.76. The Labute approximate surface area is 209 Å². The number of hydrogen-bond acceptors (Lipinski definition) is 4. The molecule has 0 spiro atoms. The van der Waals surface area contributed by atoms with Crippen LogP contribution in [0.25, 0.3) is 17.0 Å². The van der Waals surface area contributed by atoms with Gasteiger partial charge in [0, 0.05) is 16.3 Å². The monoisotopic (exact) mass is 484 g/mol. The molecule has 2 amide bonds. The SMILES string of the molecule is CCc1ccc(-c2noc(C3=C(C)N(Cc4cccc(Cl)c4)C(=O)NC3c3ccccc3)n2)cc1. The zero-order valence-corrected chi connectivity index (χ0v) is 20.3. The van der Waals surface area contributed by atoms with E-state index < -0.39 is 6.04 Å². The van der Waals surface area contributed by atoms with E-state index in [9.17, 15) is 4.79 Å². The summed E-state index contributed by atoms with van der Waals surface area (Å²) in [7, 11) is 0. The quantitative estimate of drug-likeness (QED) is 0.332. The maximum absolute atomic E-state index is 13.2. The van der Waals surface area contributed by atoms with Crippen molar-refractivity contribution in [1.82, 2.24) is 20.4 Å². The van der Waals surface area contributed by atoms with Crippen LogP contribution in [0.5, 0.6) is 0 Å². The second-order valence-corrected chi connectivity index (χ2v) is 8.92. The summed E-state index contributed by atoms with van der Waals surface area (Å²) in [6, 6.07) is 24.8. The fraction of sp³-hybridized carbons (Fsp3) is 0.179. The largest absolute Gasteiger partial charge is 0.334 e. The van der Waals surface area contributed by atoms with Crippen LogP contribution in [0.4, 0.5) is 4.79 Å². The third-order valence-corrected chi connectivity index (χ3v) is 6.47. The van der Waals surface area contributed by atoms with Crippen LogP contribution in [-0.4, -0.2) is 21.1 Å². The molecule has 5 rings (SSSR count). The highest BCUT2D eigenvalue weighted by Crippen LogP contribution is 2.38. The Hall–Kier alpha value is -3.90. The predicted molar refractivity (Wildman–Crippen MR) is 136 cm³/mol. The van der Waals surface area contributed by atoms with Crippen LogP contribution < -0.4 is 5.32 Å². The fourth-order valence-corrected chi connectivity index (χ4v) is 4.51. The molecule has 0 aliphatic carbocycles. The molecule has 176 valence electrons. The molecule has 35 heavy (non-hydrogen) atoms. The summed E-state index contributed by atoms with van der Waals surface area (Å²) >= 11 is 6.18. The number of benzene rings is 3. The van der Waals surface area contributed by atoms with Crippen LogP contribution in [0.1, 0.15) is 42.5 Å². The lowest BCUT2D eigenvalue weighted by atomic mass is 9.94. The number of aryl methyl sites for hydroxylation is 1. The molecule has 1 unspecified atom stereocenters. The summed E-state index contributed by atoms with van der Waals surface area (Å²) in [6.07, 6.45) is 0.963. The van der Waals surface area contributed by atoms with Crippen molar-refractivity contribution in [3.8, 4) is 11.4 Å². The van der Waals surface area contributed by atoms with Crippen LogP contribution in [-0.2, 0) is 13.0 Å². The van der Waals surface area contributed by atoms with E-state index in [0.717, 1.165) is 34.4 Å². The average Bonchev–Trinajstić information content (AvgIpc) is 3.36. The highest BCUT2D eigenvalue weighted by molar-refractivity contribution is 6.30. The summed E-state index contributed by atoms with van der Waals surface area (Å²) in [5, 5.41) is 8.00. The first-order valence-corrected chi connectivity index (χ1v) is 11.9. The van der Waals surface area contributed by atoms with Gasteiger partial charge in [0.15, 0.2) is 0 Å². The average molecular weight is 485 g/mol. The molecule has 1 atom stereocenters. The van der Waals surface area contributed by atoms with Crippen LogP contribution >= 0.6 is 11.6 Å². The molecule has 7 heteroatoms. The Morgan fingerprint density at radius 3 is 2.49 bits per heavy atom. The van der Waals surface area contributed by atoms with Gasteiger partial charge in [0.05, 0.1) is 18.2 Å². The van der Waals surface area contributed by atoms with Gasteiger partial charge in [-0.2, -0.15) is 4.98 Å². The summed E-state index contributed by atoms with van der Waals surface area (Å²) in [4.78, 5) is 19.6. The highest BCUT2D eigenvalue weighted by Gasteiger charge is 2.35. The number of urea groups is 1. The summed E-state index contributed by atoms with van der Waals surface area (Å²) < 4.78 is 5.77. The number of halogens is 1. The van der Waals surface area contributed by atoms with E-state index in [0.29, 0.717) is 23.3 Å². The van der Waals surface area contributed by atoms with Gasteiger partial charge in [-0.3, -0.25) is 4.90 Å². The molecule has 4 aromatic rings. The molecule has 3 aromatic carbocycles. The molecule has 0 bridgehead atoms. The lowest BCUT2D eigenvalue weighted by Crippen LogP contribution is -2.45. The minimum atomic E-state index is -0.421. The Morgan fingerprint density at radius 2 is 1.77 bits per heavy atom. The van der Waals surface area contributed by atoms with Gasteiger partial charge in [0.2, 0.25) is 5.82 Å². The maximum atomic E-state index is 13.2. The zero-order valence-electron chi connectivity index (χ0n) is 19.5. The molecule has 1 aromatic heterocycles. The minimum Gasteiger partial charge on any atom is -0.334 e. The van der Waals surface area contributed by atoms with Gasteiger partial charge in [-0.05, 0) is 42.2 Å². The molecule has 1 N–H and O–H groups in total. The molecule has 0 saturated carbocycles. The summed E-state index contributed by atoms with van der Waals surface area (Å²) in [5.41, 5.74) is 5.49. The molecule has 1 aliphatic heterocycles. The standard InChI is InChI=1S/C28H25ClN4O2/c1-3-19-12-14-22(15-13-19)26-31-27(35-32-26)24-18(2)33(17-20-8-7-11-23(29)16-20)28(34)30-25(24)21-9-5-4-6-10-21/h4-16,25H,3,17H2,1-2H3,(H,30,34). The molecular formula is C28H25ClN4O2. The number of rotatable bonds is 6. The molecular weight excluding hydrogens is 460 g/mol. The molecule has 0 saturated heterocycles. The number of carbonyl (C=O) groups is 1. The van der Waals surface area contributed by atoms with E-state index in [-0.39, 0.29) is 6.03 Å². The highest BCUT2D eigenvalue weighted by atomic mass is 35.5.